The van der Waals surface area contributed by atoms with Crippen LogP contribution in [0.15, 0.2) is 45.9 Å². The maximum absolute atomic E-state index is 13.2. The van der Waals surface area contributed by atoms with Crippen molar-refractivity contribution in [2.75, 3.05) is 13.1 Å². The number of nitrogens with zero attached hydrogens (tertiary/aromatic N) is 1. The number of benzene rings is 1. The fourth-order valence-electron chi connectivity index (χ4n) is 3.45. The van der Waals surface area contributed by atoms with Crippen LogP contribution in [-0.4, -0.2) is 31.7 Å². The van der Waals surface area contributed by atoms with Gasteiger partial charge in [-0.25, -0.2) is 8.42 Å². The number of carbonyl (C=O) groups excluding carboxylic acids is 1. The largest absolute Gasteiger partial charge is 0.468 e. The zero-order valence-corrected chi connectivity index (χ0v) is 18.3. The second kappa shape index (κ2) is 9.98. The first-order chi connectivity index (χ1) is 13.9. The average molecular weight is 459 g/mol. The highest BCUT2D eigenvalue weighted by Crippen LogP contribution is 2.27. The van der Waals surface area contributed by atoms with Crippen LogP contribution in [0, 0.1) is 5.92 Å². The van der Waals surface area contributed by atoms with Crippen molar-refractivity contribution in [2.24, 2.45) is 5.92 Å². The van der Waals surface area contributed by atoms with E-state index in [4.69, 9.17) is 27.6 Å². The molecule has 1 heterocycles. The van der Waals surface area contributed by atoms with E-state index in [1.165, 1.54) is 43.7 Å². The average Bonchev–Trinajstić information content (AvgIpc) is 3.22. The lowest BCUT2D eigenvalue weighted by Crippen LogP contribution is -2.41. The van der Waals surface area contributed by atoms with Crippen molar-refractivity contribution in [1.29, 1.82) is 0 Å². The van der Waals surface area contributed by atoms with Gasteiger partial charge in [-0.3, -0.25) is 4.79 Å². The van der Waals surface area contributed by atoms with Gasteiger partial charge < -0.3 is 9.73 Å². The fourth-order valence-corrected chi connectivity index (χ4v) is 5.21. The normalized spacial score (nSPS) is 15.6. The van der Waals surface area contributed by atoms with E-state index >= 15 is 0 Å². The van der Waals surface area contributed by atoms with Crippen LogP contribution < -0.4 is 5.32 Å². The predicted molar refractivity (Wildman–Crippen MR) is 112 cm³/mol. The number of hydrogen-bond donors (Lipinski definition) is 1. The van der Waals surface area contributed by atoms with Crippen molar-refractivity contribution < 1.29 is 17.6 Å². The topological polar surface area (TPSA) is 79.6 Å². The Labute approximate surface area is 181 Å². The van der Waals surface area contributed by atoms with Crippen LogP contribution in [0.2, 0.25) is 10.0 Å². The summed E-state index contributed by atoms with van der Waals surface area (Å²) in [4.78, 5) is 12.5. The highest BCUT2D eigenvalue weighted by atomic mass is 35.5. The first-order valence-corrected chi connectivity index (χ1v) is 11.8. The molecule has 1 amide bonds. The molecular formula is C20H24Cl2N2O4S. The van der Waals surface area contributed by atoms with Crippen molar-refractivity contribution in [3.63, 3.8) is 0 Å². The Kier molecular flexibility index (Phi) is 7.62. The minimum absolute atomic E-state index is 0.0291. The Bertz CT molecular complexity index is 926. The van der Waals surface area contributed by atoms with Crippen LogP contribution in [0.3, 0.4) is 0 Å². The molecule has 2 aromatic rings. The molecule has 1 saturated carbocycles. The molecule has 0 atom stereocenters. The molecule has 9 heteroatoms. The van der Waals surface area contributed by atoms with E-state index in [0.29, 0.717) is 18.2 Å². The summed E-state index contributed by atoms with van der Waals surface area (Å²) in [7, 11) is -3.99. The summed E-state index contributed by atoms with van der Waals surface area (Å²) >= 11 is 11.9. The SMILES string of the molecule is O=C(CN(Cc1ccco1)S(=O)(=O)c1ccc(Cl)c(Cl)c1)NCC1CCCCC1. The number of carbonyl (C=O) groups is 1. The van der Waals surface area contributed by atoms with Crippen LogP contribution in [0.25, 0.3) is 0 Å². The zero-order chi connectivity index (χ0) is 20.9. The van der Waals surface area contributed by atoms with E-state index < -0.39 is 10.0 Å². The second-order valence-corrected chi connectivity index (χ2v) is 9.99. The fraction of sp³-hybridized carbons (Fsp3) is 0.450. The number of nitrogens with one attached hydrogen (secondary N) is 1. The van der Waals surface area contributed by atoms with E-state index in [1.54, 1.807) is 12.1 Å². The third kappa shape index (κ3) is 5.98. The number of halogens is 2. The highest BCUT2D eigenvalue weighted by Gasteiger charge is 2.28. The van der Waals surface area contributed by atoms with Crippen molar-refractivity contribution in [3.8, 4) is 0 Å². The van der Waals surface area contributed by atoms with Crippen molar-refractivity contribution >= 4 is 39.1 Å². The molecule has 0 aliphatic heterocycles. The first-order valence-electron chi connectivity index (χ1n) is 9.60. The Hall–Kier alpha value is -1.54. The van der Waals surface area contributed by atoms with E-state index in [-0.39, 0.29) is 33.9 Å². The second-order valence-electron chi connectivity index (χ2n) is 7.24. The summed E-state index contributed by atoms with van der Waals surface area (Å²) in [6, 6.07) is 7.41. The van der Waals surface area contributed by atoms with Gasteiger partial charge in [-0.05, 0) is 49.1 Å². The van der Waals surface area contributed by atoms with Crippen LogP contribution in [0.1, 0.15) is 37.9 Å². The Morgan fingerprint density at radius 2 is 1.90 bits per heavy atom. The summed E-state index contributed by atoms with van der Waals surface area (Å²) in [5, 5.41) is 3.27. The van der Waals surface area contributed by atoms with Gasteiger partial charge in [0.2, 0.25) is 15.9 Å². The summed E-state index contributed by atoms with van der Waals surface area (Å²) in [5.74, 6) is 0.553. The van der Waals surface area contributed by atoms with Crippen molar-refractivity contribution in [3.05, 3.63) is 52.4 Å². The van der Waals surface area contributed by atoms with Gasteiger partial charge in [0.15, 0.2) is 0 Å². The molecule has 0 bridgehead atoms. The van der Waals surface area contributed by atoms with Gasteiger partial charge in [0.1, 0.15) is 5.76 Å². The molecule has 29 heavy (non-hydrogen) atoms. The summed E-state index contributed by atoms with van der Waals surface area (Å²) < 4.78 is 32.7. The number of furan rings is 1. The lowest BCUT2D eigenvalue weighted by atomic mass is 9.89. The number of sulfonamides is 1. The third-order valence-electron chi connectivity index (χ3n) is 5.07. The standard InChI is InChI=1S/C20H24Cl2N2O4S/c21-18-9-8-17(11-19(18)22)29(26,27)24(13-16-7-4-10-28-16)14-20(25)23-12-15-5-2-1-3-6-15/h4,7-11,15H,1-3,5-6,12-14H2,(H,23,25). The molecule has 1 aliphatic rings. The molecule has 1 N–H and O–H groups in total. The van der Waals surface area contributed by atoms with E-state index in [2.05, 4.69) is 5.32 Å². The van der Waals surface area contributed by atoms with E-state index in [0.717, 1.165) is 17.1 Å². The third-order valence-corrected chi connectivity index (χ3v) is 7.60. The first kappa shape index (κ1) is 22.2. The smallest absolute Gasteiger partial charge is 0.244 e. The summed E-state index contributed by atoms with van der Waals surface area (Å²) in [6.07, 6.45) is 7.25. The minimum atomic E-state index is -3.99. The van der Waals surface area contributed by atoms with Gasteiger partial charge in [0.05, 0.1) is 34.3 Å². The zero-order valence-electron chi connectivity index (χ0n) is 15.9. The maximum Gasteiger partial charge on any atom is 0.244 e. The monoisotopic (exact) mass is 458 g/mol. The van der Waals surface area contributed by atoms with Crippen LogP contribution in [0.4, 0.5) is 0 Å². The summed E-state index contributed by atoms with van der Waals surface area (Å²) in [6.45, 7) is 0.197. The molecule has 0 saturated heterocycles. The maximum atomic E-state index is 13.2. The highest BCUT2D eigenvalue weighted by molar-refractivity contribution is 7.89. The molecule has 1 aromatic carbocycles. The summed E-state index contributed by atoms with van der Waals surface area (Å²) in [5.41, 5.74) is 0. The molecule has 1 fully saturated rings. The lowest BCUT2D eigenvalue weighted by molar-refractivity contribution is -0.121. The lowest BCUT2D eigenvalue weighted by Gasteiger charge is -2.24. The molecule has 1 aromatic heterocycles. The minimum Gasteiger partial charge on any atom is -0.468 e. The molecule has 0 radical (unpaired) electrons. The van der Waals surface area contributed by atoms with Crippen LogP contribution in [-0.2, 0) is 21.4 Å². The van der Waals surface area contributed by atoms with Crippen molar-refractivity contribution in [2.45, 2.75) is 43.5 Å². The van der Waals surface area contributed by atoms with Gasteiger partial charge in [0.25, 0.3) is 0 Å². The molecule has 0 spiro atoms. The molecular weight excluding hydrogens is 435 g/mol. The van der Waals surface area contributed by atoms with E-state index in [9.17, 15) is 13.2 Å². The van der Waals surface area contributed by atoms with Crippen molar-refractivity contribution in [1.82, 2.24) is 9.62 Å². The van der Waals surface area contributed by atoms with Crippen LogP contribution in [0.5, 0.6) is 0 Å². The quantitative estimate of drug-likeness (QED) is 0.632. The Balaban J connectivity index is 1.74. The molecule has 3 rings (SSSR count). The van der Waals surface area contributed by atoms with Gasteiger partial charge in [-0.1, -0.05) is 42.5 Å². The van der Waals surface area contributed by atoms with Gasteiger partial charge in [-0.15, -0.1) is 0 Å². The van der Waals surface area contributed by atoms with E-state index in [1.807, 2.05) is 0 Å². The van der Waals surface area contributed by atoms with Gasteiger partial charge in [-0.2, -0.15) is 4.31 Å². The van der Waals surface area contributed by atoms with Crippen LogP contribution >= 0.6 is 23.2 Å². The molecule has 0 unspecified atom stereocenters. The molecule has 158 valence electrons. The Morgan fingerprint density at radius 3 is 2.55 bits per heavy atom. The van der Waals surface area contributed by atoms with Gasteiger partial charge in [0, 0.05) is 6.54 Å². The number of hydrogen-bond acceptors (Lipinski definition) is 4. The molecule has 6 nitrogen and oxygen atoms in total. The predicted octanol–water partition coefficient (Wildman–Crippen LogP) is 4.47. The molecule has 1 aliphatic carbocycles. The number of amides is 1. The number of rotatable bonds is 8. The van der Waals surface area contributed by atoms with Gasteiger partial charge >= 0.3 is 0 Å². The Morgan fingerprint density at radius 1 is 1.14 bits per heavy atom.